The summed E-state index contributed by atoms with van der Waals surface area (Å²) in [6.07, 6.45) is 1.70. The number of hydrogen-bond donors (Lipinski definition) is 0. The van der Waals surface area contributed by atoms with Crippen molar-refractivity contribution < 1.29 is 4.42 Å². The largest absolute Gasteiger partial charge is 0.469 e. The van der Waals surface area contributed by atoms with E-state index in [1.165, 1.54) is 11.1 Å². The van der Waals surface area contributed by atoms with Gasteiger partial charge in [-0.05, 0) is 49.6 Å². The molecule has 1 atom stereocenters. The minimum atomic E-state index is 0.0769. The molecule has 0 aliphatic heterocycles. The van der Waals surface area contributed by atoms with Crippen molar-refractivity contribution >= 4 is 27.5 Å². The summed E-state index contributed by atoms with van der Waals surface area (Å²) in [5, 5.41) is 0.788. The molecule has 2 rings (SSSR count). The fourth-order valence-electron chi connectivity index (χ4n) is 1.82. The number of furan rings is 1. The number of hydrogen-bond acceptors (Lipinski definition) is 1. The smallest absolute Gasteiger partial charge is 0.105 e. The van der Waals surface area contributed by atoms with E-state index in [0.29, 0.717) is 0 Å². The lowest BCUT2D eigenvalue weighted by molar-refractivity contribution is 0.530. The van der Waals surface area contributed by atoms with Crippen LogP contribution in [0.25, 0.3) is 0 Å². The van der Waals surface area contributed by atoms with Crippen LogP contribution in [0.15, 0.2) is 28.9 Å². The highest BCUT2D eigenvalue weighted by atomic mass is 79.9. The molecule has 0 N–H and O–H groups in total. The van der Waals surface area contributed by atoms with Gasteiger partial charge in [-0.2, -0.15) is 0 Å². The first-order valence-corrected chi connectivity index (χ1v) is 6.74. The van der Waals surface area contributed by atoms with Gasteiger partial charge in [-0.3, -0.25) is 0 Å². The second-order valence-electron chi connectivity index (χ2n) is 4.25. The van der Waals surface area contributed by atoms with E-state index < -0.39 is 0 Å². The number of benzene rings is 1. The molecule has 17 heavy (non-hydrogen) atoms. The number of aryl methyl sites for hydroxylation is 3. The van der Waals surface area contributed by atoms with Crippen molar-refractivity contribution in [1.82, 2.24) is 0 Å². The zero-order chi connectivity index (χ0) is 12.6. The minimum absolute atomic E-state index is 0.0769. The van der Waals surface area contributed by atoms with Crippen LogP contribution in [0, 0.1) is 20.8 Å². The van der Waals surface area contributed by atoms with Gasteiger partial charge < -0.3 is 4.42 Å². The number of alkyl halides is 1. The Kier molecular flexibility index (Phi) is 3.64. The van der Waals surface area contributed by atoms with Crippen LogP contribution in [0.1, 0.15) is 32.8 Å². The Morgan fingerprint density at radius 1 is 1.12 bits per heavy atom. The van der Waals surface area contributed by atoms with Gasteiger partial charge in [0, 0.05) is 10.6 Å². The molecule has 1 aromatic heterocycles. The predicted octanol–water partition coefficient (Wildman–Crippen LogP) is 5.34. The number of rotatable bonds is 2. The van der Waals surface area contributed by atoms with Crippen molar-refractivity contribution in [2.24, 2.45) is 0 Å². The monoisotopic (exact) mass is 312 g/mol. The third-order valence-corrected chi connectivity index (χ3v) is 4.37. The second kappa shape index (κ2) is 4.87. The van der Waals surface area contributed by atoms with Gasteiger partial charge in [0.15, 0.2) is 0 Å². The van der Waals surface area contributed by atoms with E-state index in [-0.39, 0.29) is 4.83 Å². The van der Waals surface area contributed by atoms with Crippen LogP contribution in [-0.2, 0) is 0 Å². The van der Waals surface area contributed by atoms with Crippen molar-refractivity contribution in [3.8, 4) is 0 Å². The van der Waals surface area contributed by atoms with E-state index in [0.717, 1.165) is 21.9 Å². The van der Waals surface area contributed by atoms with Crippen molar-refractivity contribution in [2.75, 3.05) is 0 Å². The molecule has 0 aliphatic carbocycles. The summed E-state index contributed by atoms with van der Waals surface area (Å²) >= 11 is 9.99. The summed E-state index contributed by atoms with van der Waals surface area (Å²) in [4.78, 5) is 0.0769. The predicted molar refractivity (Wildman–Crippen MR) is 75.1 cm³/mol. The Balaban J connectivity index is 2.48. The molecule has 1 aromatic carbocycles. The molecule has 0 fully saturated rings. The third-order valence-electron chi connectivity index (χ3n) is 3.06. The van der Waals surface area contributed by atoms with Crippen LogP contribution in [0.2, 0.25) is 5.02 Å². The van der Waals surface area contributed by atoms with Crippen molar-refractivity contribution in [3.05, 3.63) is 57.5 Å². The zero-order valence-electron chi connectivity index (χ0n) is 10.1. The van der Waals surface area contributed by atoms with E-state index in [1.807, 2.05) is 19.1 Å². The summed E-state index contributed by atoms with van der Waals surface area (Å²) in [7, 11) is 0. The summed E-state index contributed by atoms with van der Waals surface area (Å²) in [6.45, 7) is 6.12. The Morgan fingerprint density at radius 2 is 1.76 bits per heavy atom. The summed E-state index contributed by atoms with van der Waals surface area (Å²) < 4.78 is 5.33. The van der Waals surface area contributed by atoms with Gasteiger partial charge in [0.2, 0.25) is 0 Å². The topological polar surface area (TPSA) is 13.1 Å². The maximum absolute atomic E-state index is 6.30. The molecule has 0 saturated carbocycles. The second-order valence-corrected chi connectivity index (χ2v) is 5.58. The molecule has 0 aliphatic rings. The molecular weight excluding hydrogens is 300 g/mol. The van der Waals surface area contributed by atoms with Crippen LogP contribution < -0.4 is 0 Å². The standard InChI is InChI=1S/C14H14BrClO/c1-8-6-12(13(16)7-9(8)2)14(15)11-4-5-17-10(11)3/h4-7,14H,1-3H3. The molecule has 0 spiro atoms. The molecule has 0 saturated heterocycles. The molecule has 0 radical (unpaired) electrons. The van der Waals surface area contributed by atoms with E-state index >= 15 is 0 Å². The lowest BCUT2D eigenvalue weighted by atomic mass is 10.0. The third kappa shape index (κ3) is 2.43. The molecular formula is C14H14BrClO. The first-order valence-electron chi connectivity index (χ1n) is 5.45. The van der Waals surface area contributed by atoms with Gasteiger partial charge >= 0.3 is 0 Å². The number of halogens is 2. The molecule has 1 nitrogen and oxygen atoms in total. The van der Waals surface area contributed by atoms with Crippen LogP contribution in [0.5, 0.6) is 0 Å². The molecule has 90 valence electrons. The van der Waals surface area contributed by atoms with Gasteiger partial charge in [0.25, 0.3) is 0 Å². The normalized spacial score (nSPS) is 12.8. The van der Waals surface area contributed by atoms with Gasteiger partial charge in [-0.25, -0.2) is 0 Å². The lowest BCUT2D eigenvalue weighted by Gasteiger charge is -2.14. The average Bonchev–Trinajstić information content (AvgIpc) is 2.69. The minimum Gasteiger partial charge on any atom is -0.469 e. The maximum atomic E-state index is 6.30. The Morgan fingerprint density at radius 3 is 2.35 bits per heavy atom. The van der Waals surface area contributed by atoms with Gasteiger partial charge in [-0.1, -0.05) is 33.6 Å². The fourth-order valence-corrected chi connectivity index (χ4v) is 3.14. The van der Waals surface area contributed by atoms with E-state index in [1.54, 1.807) is 6.26 Å². The first-order chi connectivity index (χ1) is 8.00. The Labute approximate surface area is 115 Å². The molecule has 1 heterocycles. The molecule has 3 heteroatoms. The first kappa shape index (κ1) is 12.7. The quantitative estimate of drug-likeness (QED) is 0.682. The summed E-state index contributed by atoms with van der Waals surface area (Å²) in [5.41, 5.74) is 4.66. The fraction of sp³-hybridized carbons (Fsp3) is 0.286. The van der Waals surface area contributed by atoms with Crippen LogP contribution in [0.4, 0.5) is 0 Å². The van der Waals surface area contributed by atoms with E-state index in [9.17, 15) is 0 Å². The van der Waals surface area contributed by atoms with Crippen LogP contribution in [-0.4, -0.2) is 0 Å². The lowest BCUT2D eigenvalue weighted by Crippen LogP contribution is -1.96. The van der Waals surface area contributed by atoms with Crippen molar-refractivity contribution in [2.45, 2.75) is 25.6 Å². The van der Waals surface area contributed by atoms with Crippen molar-refractivity contribution in [3.63, 3.8) is 0 Å². The Bertz CT molecular complexity index is 545. The molecule has 0 amide bonds. The highest BCUT2D eigenvalue weighted by Gasteiger charge is 2.18. The summed E-state index contributed by atoms with van der Waals surface area (Å²) in [5.74, 6) is 0.918. The van der Waals surface area contributed by atoms with Gasteiger partial charge in [0.1, 0.15) is 5.76 Å². The van der Waals surface area contributed by atoms with E-state index in [4.69, 9.17) is 16.0 Å². The van der Waals surface area contributed by atoms with Crippen LogP contribution in [0.3, 0.4) is 0 Å². The van der Waals surface area contributed by atoms with Gasteiger partial charge in [0.05, 0.1) is 11.1 Å². The maximum Gasteiger partial charge on any atom is 0.105 e. The Hall–Kier alpha value is -0.730. The SMILES string of the molecule is Cc1cc(Cl)c(C(Br)c2ccoc2C)cc1C. The molecule has 0 bridgehead atoms. The molecule has 2 aromatic rings. The molecule has 1 unspecified atom stereocenters. The summed E-state index contributed by atoms with van der Waals surface area (Å²) in [6, 6.07) is 6.11. The average molecular weight is 314 g/mol. The van der Waals surface area contributed by atoms with Gasteiger partial charge in [-0.15, -0.1) is 0 Å². The zero-order valence-corrected chi connectivity index (χ0v) is 12.4. The highest BCUT2D eigenvalue weighted by Crippen LogP contribution is 2.38. The van der Waals surface area contributed by atoms with E-state index in [2.05, 4.69) is 35.8 Å². The highest BCUT2D eigenvalue weighted by molar-refractivity contribution is 9.09. The van der Waals surface area contributed by atoms with Crippen molar-refractivity contribution in [1.29, 1.82) is 0 Å². The van der Waals surface area contributed by atoms with Crippen LogP contribution >= 0.6 is 27.5 Å².